The molecule has 0 spiro atoms. The van der Waals surface area contributed by atoms with E-state index in [1.807, 2.05) is 18.2 Å². The molecule has 2 aromatic rings. The van der Waals surface area contributed by atoms with E-state index in [9.17, 15) is 9.18 Å². The Kier molecular flexibility index (Phi) is 5.76. The van der Waals surface area contributed by atoms with E-state index in [2.05, 4.69) is 15.5 Å². The molecule has 0 aromatic heterocycles. The number of rotatable bonds is 5. The van der Waals surface area contributed by atoms with Crippen molar-refractivity contribution in [3.05, 3.63) is 64.9 Å². The average Bonchev–Trinajstić information content (AvgIpc) is 3.09. The number of hydrogen-bond acceptors (Lipinski definition) is 2. The van der Waals surface area contributed by atoms with Gasteiger partial charge in [0.05, 0.1) is 0 Å². The molecule has 2 aromatic carbocycles. The number of carbonyl (C=O) groups is 1. The van der Waals surface area contributed by atoms with Crippen molar-refractivity contribution in [1.82, 2.24) is 10.6 Å². The van der Waals surface area contributed by atoms with Gasteiger partial charge in [0.1, 0.15) is 5.82 Å². The minimum atomic E-state index is -0.226. The molecule has 25 heavy (non-hydrogen) atoms. The maximum atomic E-state index is 13.0. The summed E-state index contributed by atoms with van der Waals surface area (Å²) >= 11 is 6.07. The van der Waals surface area contributed by atoms with Gasteiger partial charge in [-0.3, -0.25) is 0 Å². The van der Waals surface area contributed by atoms with Crippen LogP contribution in [0.1, 0.15) is 12.0 Å². The zero-order chi connectivity index (χ0) is 17.6. The van der Waals surface area contributed by atoms with E-state index >= 15 is 0 Å². The molecule has 2 N–H and O–H groups in total. The number of nitrogens with one attached hydrogen (secondary N) is 2. The van der Waals surface area contributed by atoms with Gasteiger partial charge in [-0.05, 0) is 48.2 Å². The van der Waals surface area contributed by atoms with Crippen LogP contribution in [-0.4, -0.2) is 25.7 Å². The predicted octanol–water partition coefficient (Wildman–Crippen LogP) is 3.80. The summed E-state index contributed by atoms with van der Waals surface area (Å²) in [6.07, 6.45) is 1.00. The number of halogens is 2. The molecule has 6 heteroatoms. The fourth-order valence-electron chi connectivity index (χ4n) is 3.00. The Morgan fingerprint density at radius 2 is 1.92 bits per heavy atom. The molecule has 0 bridgehead atoms. The number of nitrogens with zero attached hydrogens (tertiary/aromatic N) is 1. The molecule has 1 fully saturated rings. The van der Waals surface area contributed by atoms with Gasteiger partial charge in [-0.15, -0.1) is 0 Å². The third-order valence-corrected chi connectivity index (χ3v) is 4.79. The first kappa shape index (κ1) is 17.5. The first-order valence-electron chi connectivity index (χ1n) is 8.37. The summed E-state index contributed by atoms with van der Waals surface area (Å²) in [6.45, 7) is 2.79. The highest BCUT2D eigenvalue weighted by Gasteiger charge is 2.23. The van der Waals surface area contributed by atoms with Crippen LogP contribution < -0.4 is 15.5 Å². The molecule has 132 valence electrons. The Hall–Kier alpha value is -2.27. The smallest absolute Gasteiger partial charge is 0.315 e. The fraction of sp³-hybridized carbons (Fsp3) is 0.316. The molecular formula is C19H21ClFN3O. The molecule has 0 radical (unpaired) electrons. The molecule has 4 nitrogen and oxygen atoms in total. The molecule has 1 saturated heterocycles. The zero-order valence-electron chi connectivity index (χ0n) is 13.8. The maximum Gasteiger partial charge on any atom is 0.315 e. The SMILES string of the molecule is O=C(NCc1ccccc1Cl)NCC1CCN(c2ccc(F)cc2)C1. The molecule has 2 amide bonds. The highest BCUT2D eigenvalue weighted by atomic mass is 35.5. The van der Waals surface area contributed by atoms with Crippen LogP contribution >= 0.6 is 11.6 Å². The lowest BCUT2D eigenvalue weighted by Crippen LogP contribution is -2.38. The minimum Gasteiger partial charge on any atom is -0.371 e. The van der Waals surface area contributed by atoms with E-state index in [0.29, 0.717) is 24.0 Å². The summed E-state index contributed by atoms with van der Waals surface area (Å²) in [5, 5.41) is 6.39. The van der Waals surface area contributed by atoms with Gasteiger partial charge in [-0.2, -0.15) is 0 Å². The van der Waals surface area contributed by atoms with Crippen molar-refractivity contribution in [3.63, 3.8) is 0 Å². The number of benzene rings is 2. The van der Waals surface area contributed by atoms with Crippen molar-refractivity contribution < 1.29 is 9.18 Å². The van der Waals surface area contributed by atoms with Crippen LogP contribution in [0.2, 0.25) is 5.02 Å². The molecule has 1 heterocycles. The topological polar surface area (TPSA) is 44.4 Å². The Morgan fingerprint density at radius 3 is 2.68 bits per heavy atom. The molecule has 0 aliphatic carbocycles. The second-order valence-corrected chi connectivity index (χ2v) is 6.64. The second-order valence-electron chi connectivity index (χ2n) is 6.23. The van der Waals surface area contributed by atoms with Crippen LogP contribution in [0.25, 0.3) is 0 Å². The monoisotopic (exact) mass is 361 g/mol. The third-order valence-electron chi connectivity index (χ3n) is 4.43. The second kappa shape index (κ2) is 8.21. The largest absolute Gasteiger partial charge is 0.371 e. The number of urea groups is 1. The Morgan fingerprint density at radius 1 is 1.16 bits per heavy atom. The lowest BCUT2D eigenvalue weighted by atomic mass is 10.1. The van der Waals surface area contributed by atoms with Crippen molar-refractivity contribution in [3.8, 4) is 0 Å². The summed E-state index contributed by atoms with van der Waals surface area (Å²) in [5.41, 5.74) is 1.91. The lowest BCUT2D eigenvalue weighted by Gasteiger charge is -2.19. The van der Waals surface area contributed by atoms with Crippen molar-refractivity contribution in [1.29, 1.82) is 0 Å². The molecule has 3 rings (SSSR count). The van der Waals surface area contributed by atoms with Gasteiger partial charge < -0.3 is 15.5 Å². The van der Waals surface area contributed by atoms with Crippen LogP contribution in [0, 0.1) is 11.7 Å². The van der Waals surface area contributed by atoms with E-state index in [0.717, 1.165) is 30.8 Å². The van der Waals surface area contributed by atoms with E-state index < -0.39 is 0 Å². The van der Waals surface area contributed by atoms with Crippen LogP contribution in [0.3, 0.4) is 0 Å². The molecule has 1 aliphatic rings. The molecular weight excluding hydrogens is 341 g/mol. The Balaban J connectivity index is 1.41. The van der Waals surface area contributed by atoms with Crippen LogP contribution in [0.4, 0.5) is 14.9 Å². The summed E-state index contributed by atoms with van der Waals surface area (Å²) in [6, 6.07) is 13.8. The van der Waals surface area contributed by atoms with E-state index in [1.54, 1.807) is 18.2 Å². The van der Waals surface area contributed by atoms with Gasteiger partial charge in [0.2, 0.25) is 0 Å². The van der Waals surface area contributed by atoms with Crippen molar-refractivity contribution >= 4 is 23.3 Å². The third kappa shape index (κ3) is 4.86. The van der Waals surface area contributed by atoms with Gasteiger partial charge in [0.25, 0.3) is 0 Å². The number of hydrogen-bond donors (Lipinski definition) is 2. The van der Waals surface area contributed by atoms with Crippen molar-refractivity contribution in [2.45, 2.75) is 13.0 Å². The van der Waals surface area contributed by atoms with Crippen LogP contribution in [-0.2, 0) is 6.54 Å². The maximum absolute atomic E-state index is 13.0. The van der Waals surface area contributed by atoms with Crippen molar-refractivity contribution in [2.75, 3.05) is 24.5 Å². The summed E-state index contributed by atoms with van der Waals surface area (Å²) in [7, 11) is 0. The van der Waals surface area contributed by atoms with Crippen molar-refractivity contribution in [2.24, 2.45) is 5.92 Å². The first-order chi connectivity index (χ1) is 12.1. The molecule has 1 unspecified atom stereocenters. The number of anilines is 1. The summed E-state index contributed by atoms with van der Waals surface area (Å²) < 4.78 is 13.0. The summed E-state index contributed by atoms with van der Waals surface area (Å²) in [5.74, 6) is 0.160. The highest BCUT2D eigenvalue weighted by Crippen LogP contribution is 2.23. The minimum absolute atomic E-state index is 0.194. The Labute approximate surface area is 152 Å². The highest BCUT2D eigenvalue weighted by molar-refractivity contribution is 6.31. The summed E-state index contributed by atoms with van der Waals surface area (Å²) in [4.78, 5) is 14.2. The van der Waals surface area contributed by atoms with Gasteiger partial charge >= 0.3 is 6.03 Å². The normalized spacial score (nSPS) is 16.7. The molecule has 0 saturated carbocycles. The number of carbonyl (C=O) groups excluding carboxylic acids is 1. The van der Waals surface area contributed by atoms with Gasteiger partial charge in [0.15, 0.2) is 0 Å². The van der Waals surface area contributed by atoms with E-state index in [1.165, 1.54) is 12.1 Å². The predicted molar refractivity (Wildman–Crippen MR) is 98.4 cm³/mol. The van der Waals surface area contributed by atoms with Crippen LogP contribution in [0.5, 0.6) is 0 Å². The molecule has 1 aliphatic heterocycles. The quantitative estimate of drug-likeness (QED) is 0.850. The van der Waals surface area contributed by atoms with Crippen LogP contribution in [0.15, 0.2) is 48.5 Å². The first-order valence-corrected chi connectivity index (χ1v) is 8.75. The fourth-order valence-corrected chi connectivity index (χ4v) is 3.21. The van der Waals surface area contributed by atoms with E-state index in [-0.39, 0.29) is 11.8 Å². The number of amides is 2. The zero-order valence-corrected chi connectivity index (χ0v) is 14.6. The Bertz CT molecular complexity index is 723. The van der Waals surface area contributed by atoms with E-state index in [4.69, 9.17) is 11.6 Å². The lowest BCUT2D eigenvalue weighted by molar-refractivity contribution is 0.239. The molecule has 1 atom stereocenters. The van der Waals surface area contributed by atoms with Gasteiger partial charge in [0, 0.05) is 36.9 Å². The van der Waals surface area contributed by atoms with Gasteiger partial charge in [-0.1, -0.05) is 29.8 Å². The average molecular weight is 362 g/mol. The standard InChI is InChI=1S/C19H21ClFN3O/c20-18-4-2-1-3-15(18)12-23-19(25)22-11-14-9-10-24(13-14)17-7-5-16(21)6-8-17/h1-8,14H,9-13H2,(H2,22,23,25). The van der Waals surface area contributed by atoms with Gasteiger partial charge in [-0.25, -0.2) is 9.18 Å².